The smallest absolute Gasteiger partial charge is 0.233 e. The van der Waals surface area contributed by atoms with E-state index in [0.29, 0.717) is 33.9 Å². The van der Waals surface area contributed by atoms with Gasteiger partial charge in [0.05, 0.1) is 21.5 Å². The van der Waals surface area contributed by atoms with Crippen molar-refractivity contribution < 1.29 is 17.6 Å². The van der Waals surface area contributed by atoms with Crippen LogP contribution < -0.4 is 4.90 Å². The summed E-state index contributed by atoms with van der Waals surface area (Å²) in [4.78, 5) is 20.8. The van der Waals surface area contributed by atoms with Crippen molar-refractivity contribution in [3.05, 3.63) is 76.2 Å². The van der Waals surface area contributed by atoms with Gasteiger partial charge in [-0.2, -0.15) is 0 Å². The lowest BCUT2D eigenvalue weighted by Crippen LogP contribution is -2.34. The molecule has 0 fully saturated rings. The number of aromatic nitrogens is 1. The Bertz CT molecular complexity index is 1310. The minimum atomic E-state index is -3.34. The van der Waals surface area contributed by atoms with E-state index in [9.17, 15) is 17.6 Å². The van der Waals surface area contributed by atoms with Crippen LogP contribution in [0, 0.1) is 5.82 Å². The minimum absolute atomic E-state index is 0.120. The van der Waals surface area contributed by atoms with E-state index < -0.39 is 9.84 Å². The molecule has 0 unspecified atom stereocenters. The first-order valence-electron chi connectivity index (χ1n) is 9.47. The van der Waals surface area contributed by atoms with Crippen molar-refractivity contribution in [2.75, 3.05) is 17.7 Å². The summed E-state index contributed by atoms with van der Waals surface area (Å²) in [6.07, 6.45) is 1.96. The fourth-order valence-corrected chi connectivity index (χ4v) is 5.58. The average Bonchev–Trinajstić information content (AvgIpc) is 3.38. The van der Waals surface area contributed by atoms with Gasteiger partial charge in [0.25, 0.3) is 0 Å². The highest BCUT2D eigenvalue weighted by Gasteiger charge is 2.21. The van der Waals surface area contributed by atoms with Crippen LogP contribution in [0.25, 0.3) is 10.2 Å². The Hall–Kier alpha value is -2.62. The van der Waals surface area contributed by atoms with E-state index >= 15 is 0 Å². The van der Waals surface area contributed by atoms with Gasteiger partial charge < -0.3 is 0 Å². The lowest BCUT2D eigenvalue weighted by atomic mass is 10.1. The molecule has 2 heterocycles. The van der Waals surface area contributed by atoms with Crippen LogP contribution in [0.2, 0.25) is 0 Å². The van der Waals surface area contributed by atoms with Crippen molar-refractivity contribution in [3.8, 4) is 0 Å². The maximum absolute atomic E-state index is 13.2. The first-order valence-corrected chi connectivity index (χ1v) is 13.1. The molecule has 2 aromatic heterocycles. The fraction of sp³-hybridized carbons (Fsp3) is 0.182. The number of hydrogen-bond acceptors (Lipinski definition) is 6. The molecule has 9 heteroatoms. The van der Waals surface area contributed by atoms with E-state index in [0.717, 1.165) is 11.1 Å². The number of nitrogens with zero attached hydrogens (tertiary/aromatic N) is 2. The van der Waals surface area contributed by atoms with Crippen molar-refractivity contribution in [1.29, 1.82) is 0 Å². The van der Waals surface area contributed by atoms with Crippen molar-refractivity contribution in [2.24, 2.45) is 0 Å². The number of thiazole rings is 1. The highest BCUT2D eigenvalue weighted by Crippen LogP contribution is 2.31. The molecular weight excluding hydrogens is 455 g/mol. The number of amides is 1. The number of benzene rings is 2. The molecule has 4 aromatic rings. The third-order valence-electron chi connectivity index (χ3n) is 4.74. The molecule has 0 aliphatic rings. The van der Waals surface area contributed by atoms with E-state index in [4.69, 9.17) is 0 Å². The second kappa shape index (κ2) is 8.86. The van der Waals surface area contributed by atoms with Gasteiger partial charge in [-0.05, 0) is 53.8 Å². The molecule has 0 bridgehead atoms. The Labute approximate surface area is 187 Å². The topological polar surface area (TPSA) is 67.3 Å². The number of sulfone groups is 1. The summed E-state index contributed by atoms with van der Waals surface area (Å²) in [7, 11) is -3.34. The fourth-order valence-electron chi connectivity index (χ4n) is 3.12. The number of halogens is 1. The van der Waals surface area contributed by atoms with Crippen LogP contribution in [-0.2, 0) is 27.5 Å². The Morgan fingerprint density at radius 1 is 1.13 bits per heavy atom. The largest absolute Gasteiger partial charge is 0.287 e. The predicted molar refractivity (Wildman–Crippen MR) is 123 cm³/mol. The van der Waals surface area contributed by atoms with Gasteiger partial charge in [0, 0.05) is 17.7 Å². The SMILES string of the molecule is CS(=O)(=O)c1ccc2nc(N(CCc3cccs3)C(=O)Cc3ccc(F)cc3)sc2c1. The number of carbonyl (C=O) groups is 1. The molecule has 31 heavy (non-hydrogen) atoms. The predicted octanol–water partition coefficient (Wildman–Crippen LogP) is 4.72. The van der Waals surface area contributed by atoms with Gasteiger partial charge in [-0.15, -0.1) is 11.3 Å². The van der Waals surface area contributed by atoms with Crippen molar-refractivity contribution in [3.63, 3.8) is 0 Å². The lowest BCUT2D eigenvalue weighted by Gasteiger charge is -2.19. The molecule has 0 aliphatic carbocycles. The maximum Gasteiger partial charge on any atom is 0.233 e. The van der Waals surface area contributed by atoms with Gasteiger partial charge in [0.2, 0.25) is 5.91 Å². The molecule has 0 saturated carbocycles. The van der Waals surface area contributed by atoms with E-state index in [-0.39, 0.29) is 23.0 Å². The normalized spacial score (nSPS) is 11.7. The monoisotopic (exact) mass is 474 g/mol. The average molecular weight is 475 g/mol. The number of rotatable bonds is 7. The minimum Gasteiger partial charge on any atom is -0.287 e. The van der Waals surface area contributed by atoms with Crippen LogP contribution in [0.3, 0.4) is 0 Å². The van der Waals surface area contributed by atoms with Gasteiger partial charge in [-0.25, -0.2) is 17.8 Å². The summed E-state index contributed by atoms with van der Waals surface area (Å²) >= 11 is 2.91. The summed E-state index contributed by atoms with van der Waals surface area (Å²) in [5, 5.41) is 2.51. The summed E-state index contributed by atoms with van der Waals surface area (Å²) in [6, 6.07) is 14.6. The second-order valence-corrected chi connectivity index (χ2v) is 11.1. The molecule has 0 radical (unpaired) electrons. The number of thiophene rings is 1. The van der Waals surface area contributed by atoms with Crippen LogP contribution >= 0.6 is 22.7 Å². The second-order valence-electron chi connectivity index (χ2n) is 7.08. The van der Waals surface area contributed by atoms with E-state index in [1.54, 1.807) is 40.5 Å². The molecule has 0 spiro atoms. The number of fused-ring (bicyclic) bond motifs is 1. The molecule has 2 aromatic carbocycles. The van der Waals surface area contributed by atoms with Gasteiger partial charge in [-0.3, -0.25) is 9.69 Å². The Balaban J connectivity index is 1.65. The summed E-state index contributed by atoms with van der Waals surface area (Å²) in [6.45, 7) is 0.444. The molecule has 0 aliphatic heterocycles. The van der Waals surface area contributed by atoms with E-state index in [1.807, 2.05) is 17.5 Å². The van der Waals surface area contributed by atoms with Gasteiger partial charge in [0.15, 0.2) is 15.0 Å². The zero-order valence-corrected chi connectivity index (χ0v) is 19.1. The summed E-state index contributed by atoms with van der Waals surface area (Å²) < 4.78 is 37.7. The lowest BCUT2D eigenvalue weighted by molar-refractivity contribution is -0.118. The standard InChI is InChI=1S/C22H19FN2O3S3/c1-31(27,28)18-8-9-19-20(14-18)30-22(24-19)25(11-10-17-3-2-12-29-17)21(26)13-15-4-6-16(23)7-5-15/h2-9,12,14H,10-11,13H2,1H3. The molecular formula is C22H19FN2O3S3. The maximum atomic E-state index is 13.2. The molecule has 1 amide bonds. The first-order chi connectivity index (χ1) is 14.8. The third-order valence-corrected chi connectivity index (χ3v) is 7.83. The van der Waals surface area contributed by atoms with Gasteiger partial charge >= 0.3 is 0 Å². The van der Waals surface area contributed by atoms with Crippen LogP contribution in [0.15, 0.2) is 64.9 Å². The first kappa shape index (κ1) is 21.6. The number of hydrogen-bond donors (Lipinski definition) is 0. The van der Waals surface area contributed by atoms with Gasteiger partial charge in [0.1, 0.15) is 5.82 Å². The summed E-state index contributed by atoms with van der Waals surface area (Å²) in [5.41, 5.74) is 1.36. The highest BCUT2D eigenvalue weighted by molar-refractivity contribution is 7.90. The van der Waals surface area contributed by atoms with Crippen LogP contribution in [0.1, 0.15) is 10.4 Å². The Morgan fingerprint density at radius 3 is 2.58 bits per heavy atom. The molecule has 160 valence electrons. The van der Waals surface area contributed by atoms with Crippen LogP contribution in [0.4, 0.5) is 9.52 Å². The molecule has 0 saturated heterocycles. The number of anilines is 1. The van der Waals surface area contributed by atoms with E-state index in [1.165, 1.54) is 29.5 Å². The Morgan fingerprint density at radius 2 is 1.90 bits per heavy atom. The molecule has 5 nitrogen and oxygen atoms in total. The third kappa shape index (κ3) is 5.17. The Kier molecular flexibility index (Phi) is 6.17. The number of carbonyl (C=O) groups excluding carboxylic acids is 1. The highest BCUT2D eigenvalue weighted by atomic mass is 32.2. The zero-order chi connectivity index (χ0) is 22.0. The van der Waals surface area contributed by atoms with Crippen molar-refractivity contribution >= 4 is 53.8 Å². The molecule has 4 rings (SSSR count). The van der Waals surface area contributed by atoms with Gasteiger partial charge in [-0.1, -0.05) is 29.5 Å². The zero-order valence-electron chi connectivity index (χ0n) is 16.6. The van der Waals surface area contributed by atoms with Crippen LogP contribution in [0.5, 0.6) is 0 Å². The molecule has 0 N–H and O–H groups in total. The van der Waals surface area contributed by atoms with Crippen molar-refractivity contribution in [1.82, 2.24) is 4.98 Å². The van der Waals surface area contributed by atoms with Crippen LogP contribution in [-0.4, -0.2) is 32.1 Å². The molecule has 0 atom stereocenters. The quantitative estimate of drug-likeness (QED) is 0.389. The summed E-state index contributed by atoms with van der Waals surface area (Å²) in [5.74, 6) is -0.496. The van der Waals surface area contributed by atoms with E-state index in [2.05, 4.69) is 4.98 Å². The van der Waals surface area contributed by atoms with Crippen molar-refractivity contribution in [2.45, 2.75) is 17.7 Å².